The Morgan fingerprint density at radius 2 is 1.61 bits per heavy atom. The summed E-state index contributed by atoms with van der Waals surface area (Å²) in [7, 11) is -1.78. The Bertz CT molecular complexity index is 798. The van der Waals surface area contributed by atoms with Crippen LogP contribution in [0.1, 0.15) is 39.7 Å². The maximum absolute atomic E-state index is 11.8. The molecule has 0 aliphatic rings. The molecule has 2 aromatic rings. The number of ether oxygens (including phenoxy) is 1. The molecule has 0 radical (unpaired) electrons. The molecule has 0 spiro atoms. The third kappa shape index (κ3) is 10.2. The summed E-state index contributed by atoms with van der Waals surface area (Å²) in [5, 5.41) is 0. The summed E-state index contributed by atoms with van der Waals surface area (Å²) < 4.78 is 28.8. The Kier molecular flexibility index (Phi) is 12.8. The number of ketones is 1. The average molecular weight is 408 g/mol. The van der Waals surface area contributed by atoms with Crippen LogP contribution in [-0.4, -0.2) is 33.6 Å². The van der Waals surface area contributed by atoms with Crippen molar-refractivity contribution in [3.63, 3.8) is 0 Å². The monoisotopic (exact) mass is 407 g/mol. The van der Waals surface area contributed by atoms with Gasteiger partial charge >= 0.3 is 0 Å². The summed E-state index contributed by atoms with van der Waals surface area (Å²) in [6.07, 6.45) is 1.10. The second kappa shape index (κ2) is 13.9. The molecule has 6 heteroatoms. The Morgan fingerprint density at radius 1 is 1.04 bits per heavy atom. The molecule has 0 aromatic heterocycles. The topological polar surface area (TPSA) is 86.5 Å². The van der Waals surface area contributed by atoms with Gasteiger partial charge < -0.3 is 10.5 Å². The Balaban J connectivity index is 0.00000108. The number of nitrogens with two attached hydrogens (primary N) is 1. The minimum absolute atomic E-state index is 0.120. The van der Waals surface area contributed by atoms with Gasteiger partial charge in [-0.15, -0.1) is 0 Å². The number of rotatable bonds is 7. The van der Waals surface area contributed by atoms with Crippen LogP contribution in [0.5, 0.6) is 5.75 Å². The van der Waals surface area contributed by atoms with Crippen LogP contribution in [-0.2, 0) is 20.4 Å². The van der Waals surface area contributed by atoms with Gasteiger partial charge in [0.2, 0.25) is 0 Å². The number of hydrogen-bond donors (Lipinski definition) is 1. The second-order valence-electron chi connectivity index (χ2n) is 5.95. The van der Waals surface area contributed by atoms with Crippen LogP contribution in [0.25, 0.3) is 11.1 Å². The van der Waals surface area contributed by atoms with Crippen molar-refractivity contribution in [3.05, 3.63) is 54.1 Å². The maximum Gasteiger partial charge on any atom is 0.161 e. The van der Waals surface area contributed by atoms with Crippen molar-refractivity contribution in [2.75, 3.05) is 19.4 Å². The van der Waals surface area contributed by atoms with Crippen LogP contribution in [0.4, 0.5) is 0 Å². The molecule has 156 valence electrons. The highest BCUT2D eigenvalue weighted by atomic mass is 32.2. The Hall–Kier alpha value is -2.18. The second-order valence-corrected chi connectivity index (χ2v) is 8.02. The van der Waals surface area contributed by atoms with Crippen LogP contribution in [0.2, 0.25) is 0 Å². The fraction of sp³-hybridized carbons (Fsp3) is 0.409. The minimum Gasteiger partial charge on any atom is -0.497 e. The van der Waals surface area contributed by atoms with Crippen molar-refractivity contribution in [1.29, 1.82) is 0 Å². The molecule has 0 saturated heterocycles. The van der Waals surface area contributed by atoms with Crippen LogP contribution < -0.4 is 10.5 Å². The fourth-order valence-corrected chi connectivity index (χ4v) is 3.63. The minimum atomic E-state index is -3.39. The largest absolute Gasteiger partial charge is 0.497 e. The molecule has 0 saturated carbocycles. The van der Waals surface area contributed by atoms with Crippen molar-refractivity contribution in [2.45, 2.75) is 39.9 Å². The van der Waals surface area contributed by atoms with Crippen molar-refractivity contribution in [2.24, 2.45) is 5.73 Å². The third-order valence-electron chi connectivity index (χ3n) is 3.46. The van der Waals surface area contributed by atoms with E-state index in [1.807, 2.05) is 50.2 Å². The maximum atomic E-state index is 11.8. The van der Waals surface area contributed by atoms with Gasteiger partial charge in [0.1, 0.15) is 17.3 Å². The number of Topliss-reactive ketones (excluding diaryl/α,β-unsaturated/α-hetero) is 1. The van der Waals surface area contributed by atoms with E-state index >= 15 is 0 Å². The molecule has 0 amide bonds. The lowest BCUT2D eigenvalue weighted by Crippen LogP contribution is -2.15. The van der Waals surface area contributed by atoms with Gasteiger partial charge in [-0.05, 0) is 48.7 Å². The highest BCUT2D eigenvalue weighted by Crippen LogP contribution is 2.24. The molecule has 0 unspecified atom stereocenters. The van der Waals surface area contributed by atoms with Crippen molar-refractivity contribution < 1.29 is 17.9 Å². The third-order valence-corrected chi connectivity index (χ3v) is 5.07. The molecule has 0 aliphatic carbocycles. The van der Waals surface area contributed by atoms with Gasteiger partial charge in [-0.25, -0.2) is 8.42 Å². The zero-order chi connectivity index (χ0) is 21.6. The molecule has 0 aliphatic heterocycles. The molecule has 2 N–H and O–H groups in total. The summed E-state index contributed by atoms with van der Waals surface area (Å²) >= 11 is 0. The van der Waals surface area contributed by atoms with Crippen LogP contribution in [0, 0.1) is 0 Å². The van der Waals surface area contributed by atoms with Gasteiger partial charge in [-0.2, -0.15) is 0 Å². The predicted molar refractivity (Wildman–Crippen MR) is 117 cm³/mol. The standard InChI is InChI=1S/C17H18O4S.C3H9N.C2H6/c1-13(18)11-22(19,20)12-14-6-8-15(9-7-14)16-4-3-5-17(10-16)21-2;1-2-3-4;1-2/h3-10H,11-12H2,1-2H3;2-4H2,1H3;1-2H3. The van der Waals surface area contributed by atoms with E-state index in [2.05, 4.69) is 6.92 Å². The van der Waals surface area contributed by atoms with Gasteiger partial charge in [0.15, 0.2) is 9.84 Å². The van der Waals surface area contributed by atoms with Crippen LogP contribution in [0.3, 0.4) is 0 Å². The Labute approximate surface area is 169 Å². The molecular formula is C22H33NO4S. The van der Waals surface area contributed by atoms with Crippen molar-refractivity contribution >= 4 is 15.6 Å². The lowest BCUT2D eigenvalue weighted by atomic mass is 10.0. The average Bonchev–Trinajstić information content (AvgIpc) is 2.69. The van der Waals surface area contributed by atoms with Gasteiger partial charge in [-0.3, -0.25) is 4.79 Å². The summed E-state index contributed by atoms with van der Waals surface area (Å²) in [6, 6.07) is 14.9. The Morgan fingerprint density at radius 3 is 2.07 bits per heavy atom. The fourth-order valence-electron chi connectivity index (χ4n) is 2.21. The first-order chi connectivity index (χ1) is 13.3. The number of benzene rings is 2. The van der Waals surface area contributed by atoms with E-state index in [0.29, 0.717) is 5.56 Å². The van der Waals surface area contributed by atoms with E-state index in [9.17, 15) is 13.2 Å². The molecule has 2 rings (SSSR count). The summed E-state index contributed by atoms with van der Waals surface area (Å²) in [5.74, 6) is -0.103. The SMILES string of the molecule is CC.CCCN.COc1cccc(-c2ccc(CS(=O)(=O)CC(C)=O)cc2)c1. The lowest BCUT2D eigenvalue weighted by Gasteiger charge is -2.07. The highest BCUT2D eigenvalue weighted by Gasteiger charge is 2.14. The number of methoxy groups -OCH3 is 1. The lowest BCUT2D eigenvalue weighted by molar-refractivity contribution is -0.114. The predicted octanol–water partition coefficient (Wildman–Crippen LogP) is 4.25. The zero-order valence-electron chi connectivity index (χ0n) is 17.6. The number of sulfone groups is 1. The first kappa shape index (κ1) is 25.8. The van der Waals surface area contributed by atoms with E-state index in [1.54, 1.807) is 19.2 Å². The van der Waals surface area contributed by atoms with Gasteiger partial charge in [0.05, 0.1) is 12.9 Å². The number of hydrogen-bond acceptors (Lipinski definition) is 5. The molecule has 28 heavy (non-hydrogen) atoms. The molecule has 0 heterocycles. The summed E-state index contributed by atoms with van der Waals surface area (Å²) in [4.78, 5) is 11.0. The molecule has 2 aromatic carbocycles. The van der Waals surface area contributed by atoms with Gasteiger partial charge in [-0.1, -0.05) is 57.2 Å². The highest BCUT2D eigenvalue weighted by molar-refractivity contribution is 7.91. The number of carbonyl (C=O) groups is 1. The van der Waals surface area contributed by atoms with Crippen molar-refractivity contribution in [1.82, 2.24) is 0 Å². The molecule has 5 nitrogen and oxygen atoms in total. The quantitative estimate of drug-likeness (QED) is 0.741. The first-order valence-electron chi connectivity index (χ1n) is 9.44. The normalized spacial score (nSPS) is 10.1. The molecule has 0 fully saturated rings. The first-order valence-corrected chi connectivity index (χ1v) is 11.3. The zero-order valence-corrected chi connectivity index (χ0v) is 18.4. The van der Waals surface area contributed by atoms with Crippen molar-refractivity contribution in [3.8, 4) is 16.9 Å². The van der Waals surface area contributed by atoms with Gasteiger partial charge in [0, 0.05) is 0 Å². The van der Waals surface area contributed by atoms with E-state index in [-0.39, 0.29) is 11.5 Å². The number of carbonyl (C=O) groups excluding carboxylic acids is 1. The molecule has 0 atom stereocenters. The van der Waals surface area contributed by atoms with Crippen LogP contribution >= 0.6 is 0 Å². The molecular weight excluding hydrogens is 374 g/mol. The summed E-state index contributed by atoms with van der Waals surface area (Å²) in [5.41, 5.74) is 7.68. The smallest absolute Gasteiger partial charge is 0.161 e. The van der Waals surface area contributed by atoms with Gasteiger partial charge in [0.25, 0.3) is 0 Å². The van der Waals surface area contributed by atoms with E-state index in [0.717, 1.165) is 29.8 Å². The van der Waals surface area contributed by atoms with Crippen LogP contribution in [0.15, 0.2) is 48.5 Å². The van der Waals surface area contributed by atoms with E-state index < -0.39 is 15.6 Å². The molecule has 0 bridgehead atoms. The van der Waals surface area contributed by atoms with E-state index in [1.165, 1.54) is 6.92 Å². The summed E-state index contributed by atoms with van der Waals surface area (Å²) in [6.45, 7) is 8.16. The van der Waals surface area contributed by atoms with E-state index in [4.69, 9.17) is 10.5 Å².